The number of hydrogen-bond donors (Lipinski definition) is 1. The highest BCUT2D eigenvalue weighted by atomic mass is 16.5. The van der Waals surface area contributed by atoms with Crippen molar-refractivity contribution in [2.24, 2.45) is 13.0 Å². The van der Waals surface area contributed by atoms with E-state index in [0.29, 0.717) is 11.6 Å². The van der Waals surface area contributed by atoms with E-state index in [4.69, 9.17) is 4.74 Å². The van der Waals surface area contributed by atoms with Gasteiger partial charge in [0.05, 0.1) is 7.11 Å². The minimum Gasteiger partial charge on any atom is -0.464 e. The van der Waals surface area contributed by atoms with E-state index in [1.54, 1.807) is 0 Å². The van der Waals surface area contributed by atoms with Crippen LogP contribution in [0.3, 0.4) is 0 Å². The number of piperidine rings is 1. The highest BCUT2D eigenvalue weighted by Gasteiger charge is 2.17. The molecule has 0 radical (unpaired) electrons. The lowest BCUT2D eigenvalue weighted by atomic mass is 9.93. The fourth-order valence-corrected chi connectivity index (χ4v) is 2.48. The summed E-state index contributed by atoms with van der Waals surface area (Å²) in [7, 11) is 3.30. The Hall–Kier alpha value is -1.29. The minimum absolute atomic E-state index is 0.263. The molecular formula is C13H20N2O2. The lowest BCUT2D eigenvalue weighted by Crippen LogP contribution is -2.30. The smallest absolute Gasteiger partial charge is 0.354 e. The maximum atomic E-state index is 11.5. The highest BCUT2D eigenvalue weighted by Crippen LogP contribution is 2.18. The molecule has 2 rings (SSSR count). The third-order valence-electron chi connectivity index (χ3n) is 3.38. The van der Waals surface area contributed by atoms with E-state index in [1.165, 1.54) is 25.5 Å². The molecule has 1 saturated heterocycles. The number of nitrogens with one attached hydrogen (secondary N) is 1. The van der Waals surface area contributed by atoms with Gasteiger partial charge in [-0.05, 0) is 49.9 Å². The zero-order valence-corrected chi connectivity index (χ0v) is 10.5. The fourth-order valence-electron chi connectivity index (χ4n) is 2.48. The summed E-state index contributed by atoms with van der Waals surface area (Å²) in [6.45, 7) is 2.22. The van der Waals surface area contributed by atoms with Gasteiger partial charge in [0.15, 0.2) is 0 Å². The average molecular weight is 236 g/mol. The Morgan fingerprint density at radius 1 is 1.65 bits per heavy atom. The van der Waals surface area contributed by atoms with E-state index >= 15 is 0 Å². The number of carbonyl (C=O) groups is 1. The zero-order chi connectivity index (χ0) is 12.3. The highest BCUT2D eigenvalue weighted by molar-refractivity contribution is 5.87. The van der Waals surface area contributed by atoms with E-state index in [9.17, 15) is 4.79 Å². The van der Waals surface area contributed by atoms with Gasteiger partial charge in [-0.2, -0.15) is 0 Å². The quantitative estimate of drug-likeness (QED) is 0.806. The summed E-state index contributed by atoms with van der Waals surface area (Å²) in [6.07, 6.45) is 5.59. The van der Waals surface area contributed by atoms with E-state index < -0.39 is 0 Å². The van der Waals surface area contributed by atoms with Gasteiger partial charge in [-0.15, -0.1) is 0 Å². The van der Waals surface area contributed by atoms with Gasteiger partial charge < -0.3 is 14.6 Å². The Labute approximate surface area is 102 Å². The van der Waals surface area contributed by atoms with Crippen molar-refractivity contribution in [1.82, 2.24) is 9.88 Å². The minimum atomic E-state index is -0.263. The van der Waals surface area contributed by atoms with E-state index in [2.05, 4.69) is 5.32 Å². The van der Waals surface area contributed by atoms with Crippen molar-refractivity contribution in [3.8, 4) is 0 Å². The van der Waals surface area contributed by atoms with Gasteiger partial charge in [-0.1, -0.05) is 0 Å². The molecule has 0 spiro atoms. The Morgan fingerprint density at radius 2 is 2.47 bits per heavy atom. The molecule has 0 aromatic carbocycles. The number of carbonyl (C=O) groups excluding carboxylic acids is 1. The molecule has 1 aliphatic heterocycles. The molecule has 0 saturated carbocycles. The molecule has 1 atom stereocenters. The number of rotatable bonds is 3. The molecule has 17 heavy (non-hydrogen) atoms. The molecule has 94 valence electrons. The first-order chi connectivity index (χ1) is 8.20. The first-order valence-corrected chi connectivity index (χ1v) is 6.15. The molecule has 2 heterocycles. The third kappa shape index (κ3) is 2.88. The Morgan fingerprint density at radius 3 is 3.12 bits per heavy atom. The summed E-state index contributed by atoms with van der Waals surface area (Å²) in [4.78, 5) is 11.5. The molecule has 1 N–H and O–H groups in total. The second-order valence-corrected chi connectivity index (χ2v) is 4.75. The van der Waals surface area contributed by atoms with Crippen LogP contribution in [-0.4, -0.2) is 30.7 Å². The second kappa shape index (κ2) is 5.36. The molecule has 1 aromatic rings. The van der Waals surface area contributed by atoms with Crippen LogP contribution >= 0.6 is 0 Å². The van der Waals surface area contributed by atoms with Crippen molar-refractivity contribution in [2.45, 2.75) is 19.3 Å². The molecule has 4 nitrogen and oxygen atoms in total. The fraction of sp³-hybridized carbons (Fsp3) is 0.615. The van der Waals surface area contributed by atoms with Crippen LogP contribution in [-0.2, 0) is 18.2 Å². The van der Waals surface area contributed by atoms with Gasteiger partial charge in [0.25, 0.3) is 0 Å². The van der Waals surface area contributed by atoms with Gasteiger partial charge in [0, 0.05) is 13.2 Å². The lowest BCUT2D eigenvalue weighted by molar-refractivity contribution is 0.0590. The van der Waals surface area contributed by atoms with Crippen LogP contribution in [0.4, 0.5) is 0 Å². The molecule has 1 unspecified atom stereocenters. The van der Waals surface area contributed by atoms with Crippen LogP contribution in [0.1, 0.15) is 28.9 Å². The summed E-state index contributed by atoms with van der Waals surface area (Å²) in [5.74, 6) is 0.428. The summed E-state index contributed by atoms with van der Waals surface area (Å²) < 4.78 is 6.59. The van der Waals surface area contributed by atoms with Crippen LogP contribution in [0.5, 0.6) is 0 Å². The van der Waals surface area contributed by atoms with Crippen molar-refractivity contribution < 1.29 is 9.53 Å². The lowest BCUT2D eigenvalue weighted by Gasteiger charge is -2.22. The van der Waals surface area contributed by atoms with Crippen molar-refractivity contribution >= 4 is 5.97 Å². The standard InChI is InChI=1S/C13H20N2O2/c1-15-9-11(7-12(15)13(16)17-2)6-10-4-3-5-14-8-10/h7,9-10,14H,3-6,8H2,1-2H3. The van der Waals surface area contributed by atoms with Gasteiger partial charge in [0.1, 0.15) is 5.69 Å². The molecule has 1 fully saturated rings. The normalized spacial score (nSPS) is 20.2. The molecule has 1 aliphatic rings. The zero-order valence-electron chi connectivity index (χ0n) is 10.5. The van der Waals surface area contributed by atoms with Crippen molar-refractivity contribution in [3.05, 3.63) is 23.5 Å². The number of methoxy groups -OCH3 is 1. The molecule has 4 heteroatoms. The Balaban J connectivity index is 2.03. The molecule has 0 amide bonds. The van der Waals surface area contributed by atoms with Gasteiger partial charge in [-0.3, -0.25) is 0 Å². The van der Waals surface area contributed by atoms with Gasteiger partial charge in [0.2, 0.25) is 0 Å². The maximum absolute atomic E-state index is 11.5. The average Bonchev–Trinajstić information content (AvgIpc) is 2.70. The van der Waals surface area contributed by atoms with Gasteiger partial charge >= 0.3 is 5.97 Å². The predicted molar refractivity (Wildman–Crippen MR) is 66.1 cm³/mol. The largest absolute Gasteiger partial charge is 0.464 e. The van der Waals surface area contributed by atoms with Gasteiger partial charge in [-0.25, -0.2) is 4.79 Å². The van der Waals surface area contributed by atoms with E-state index in [1.807, 2.05) is 23.9 Å². The molecule has 0 bridgehead atoms. The van der Waals surface area contributed by atoms with Crippen LogP contribution in [0.2, 0.25) is 0 Å². The number of ether oxygens (including phenoxy) is 1. The van der Waals surface area contributed by atoms with E-state index in [0.717, 1.165) is 19.5 Å². The topological polar surface area (TPSA) is 43.3 Å². The molecular weight excluding hydrogens is 216 g/mol. The van der Waals surface area contributed by atoms with Crippen LogP contribution in [0.25, 0.3) is 0 Å². The third-order valence-corrected chi connectivity index (χ3v) is 3.38. The Bertz CT molecular complexity index is 392. The maximum Gasteiger partial charge on any atom is 0.354 e. The van der Waals surface area contributed by atoms with Crippen LogP contribution in [0, 0.1) is 5.92 Å². The van der Waals surface area contributed by atoms with Crippen molar-refractivity contribution in [2.75, 3.05) is 20.2 Å². The first kappa shape index (κ1) is 12.2. The number of esters is 1. The predicted octanol–water partition coefficient (Wildman–Crippen LogP) is 1.35. The number of aromatic nitrogens is 1. The number of aryl methyl sites for hydroxylation is 1. The second-order valence-electron chi connectivity index (χ2n) is 4.75. The summed E-state index contributed by atoms with van der Waals surface area (Å²) in [6, 6.07) is 1.94. The van der Waals surface area contributed by atoms with E-state index in [-0.39, 0.29) is 5.97 Å². The van der Waals surface area contributed by atoms with Crippen LogP contribution in [0.15, 0.2) is 12.3 Å². The summed E-state index contributed by atoms with van der Waals surface area (Å²) in [5, 5.41) is 3.41. The van der Waals surface area contributed by atoms with Crippen molar-refractivity contribution in [1.29, 1.82) is 0 Å². The SMILES string of the molecule is COC(=O)c1cc(CC2CCCNC2)cn1C. The molecule has 0 aliphatic carbocycles. The van der Waals surface area contributed by atoms with Crippen molar-refractivity contribution in [3.63, 3.8) is 0 Å². The Kier molecular flexibility index (Phi) is 3.84. The van der Waals surface area contributed by atoms with Crippen LogP contribution < -0.4 is 5.32 Å². The molecule has 1 aromatic heterocycles. The number of nitrogens with zero attached hydrogens (tertiary/aromatic N) is 1. The summed E-state index contributed by atoms with van der Waals surface area (Å²) >= 11 is 0. The number of hydrogen-bond acceptors (Lipinski definition) is 3. The first-order valence-electron chi connectivity index (χ1n) is 6.15. The monoisotopic (exact) mass is 236 g/mol. The summed E-state index contributed by atoms with van der Waals surface area (Å²) in [5.41, 5.74) is 1.85.